The predicted molar refractivity (Wildman–Crippen MR) is 127 cm³/mol. The molecule has 4 heterocycles. The van der Waals surface area contributed by atoms with Crippen molar-refractivity contribution in [2.24, 2.45) is 0 Å². The van der Waals surface area contributed by atoms with Gasteiger partial charge in [-0.05, 0) is 69.6 Å². The monoisotopic (exact) mass is 450 g/mol. The lowest BCUT2D eigenvalue weighted by atomic mass is 10.0. The Morgan fingerprint density at radius 3 is 3.00 bits per heavy atom. The van der Waals surface area contributed by atoms with Gasteiger partial charge in [-0.25, -0.2) is 0 Å². The molecule has 5 rings (SSSR count). The van der Waals surface area contributed by atoms with Crippen molar-refractivity contribution in [3.63, 3.8) is 0 Å². The Labute approximate surface area is 195 Å². The van der Waals surface area contributed by atoms with Crippen LogP contribution in [0.25, 0.3) is 0 Å². The van der Waals surface area contributed by atoms with E-state index in [9.17, 15) is 9.90 Å². The van der Waals surface area contributed by atoms with Crippen LogP contribution in [0.3, 0.4) is 0 Å². The van der Waals surface area contributed by atoms with Crippen LogP contribution >= 0.6 is 0 Å². The van der Waals surface area contributed by atoms with E-state index in [0.29, 0.717) is 19.1 Å². The molecule has 2 aliphatic heterocycles. The van der Waals surface area contributed by atoms with E-state index in [4.69, 9.17) is 9.72 Å². The molecule has 1 saturated carbocycles. The number of aryl methyl sites for hydroxylation is 2. The Bertz CT molecular complexity index is 978. The molecule has 2 fully saturated rings. The summed E-state index contributed by atoms with van der Waals surface area (Å²) in [6, 6.07) is 7.46. The van der Waals surface area contributed by atoms with E-state index in [0.717, 1.165) is 81.4 Å². The van der Waals surface area contributed by atoms with Crippen molar-refractivity contribution in [1.29, 1.82) is 0 Å². The number of carbonyl (C=O) groups is 1. The number of anilines is 1. The minimum Gasteiger partial charge on any atom is -0.480 e. The summed E-state index contributed by atoms with van der Waals surface area (Å²) in [6.07, 6.45) is 10.2. The van der Waals surface area contributed by atoms with E-state index < -0.39 is 12.0 Å². The zero-order chi connectivity index (χ0) is 22.6. The van der Waals surface area contributed by atoms with Gasteiger partial charge in [0.2, 0.25) is 0 Å². The Hall–Kier alpha value is -2.51. The fraction of sp³-hybridized carbons (Fsp3) is 0.577. The molecular formula is C26H34N4O3. The highest BCUT2D eigenvalue weighted by Crippen LogP contribution is 2.43. The second-order valence-electron chi connectivity index (χ2n) is 9.55. The molecule has 33 heavy (non-hydrogen) atoms. The number of carboxylic acids is 1. The molecule has 0 radical (unpaired) electrons. The molecule has 176 valence electrons. The van der Waals surface area contributed by atoms with E-state index in [1.807, 2.05) is 12.1 Å². The van der Waals surface area contributed by atoms with Crippen LogP contribution in [0.5, 0.6) is 0 Å². The van der Waals surface area contributed by atoms with Gasteiger partial charge in [-0.15, -0.1) is 0 Å². The average molecular weight is 451 g/mol. The number of hydrogen-bond acceptors (Lipinski definition) is 6. The third-order valence-electron chi connectivity index (χ3n) is 7.02. The van der Waals surface area contributed by atoms with Crippen molar-refractivity contribution >= 4 is 11.7 Å². The quantitative estimate of drug-likeness (QED) is 0.530. The van der Waals surface area contributed by atoms with Crippen molar-refractivity contribution in [3.8, 4) is 0 Å². The summed E-state index contributed by atoms with van der Waals surface area (Å²) in [6.45, 7) is 3.16. The van der Waals surface area contributed by atoms with Crippen molar-refractivity contribution in [2.45, 2.75) is 69.4 Å². The Morgan fingerprint density at radius 1 is 1.24 bits per heavy atom. The summed E-state index contributed by atoms with van der Waals surface area (Å²) in [4.78, 5) is 23.6. The second-order valence-corrected chi connectivity index (χ2v) is 9.55. The molecule has 1 saturated heterocycles. The number of nitrogens with zero attached hydrogens (tertiary/aromatic N) is 3. The Kier molecular flexibility index (Phi) is 6.88. The molecule has 2 aromatic heterocycles. The van der Waals surface area contributed by atoms with Gasteiger partial charge in [0.25, 0.3) is 0 Å². The first-order valence-electron chi connectivity index (χ1n) is 12.4. The number of carboxylic acid groups (broad SMARTS) is 1. The number of ether oxygens (including phenoxy) is 1. The van der Waals surface area contributed by atoms with Crippen LogP contribution in [0.4, 0.5) is 5.69 Å². The minimum absolute atomic E-state index is 0.0980. The van der Waals surface area contributed by atoms with Gasteiger partial charge in [-0.2, -0.15) is 0 Å². The Balaban J connectivity index is 1.08. The number of likely N-dealkylation sites (tertiary alicyclic amines) is 1. The number of rotatable bonds is 10. The predicted octanol–water partition coefficient (Wildman–Crippen LogP) is 3.95. The maximum absolute atomic E-state index is 12.2. The van der Waals surface area contributed by atoms with Crippen LogP contribution in [0.2, 0.25) is 0 Å². The highest BCUT2D eigenvalue weighted by molar-refractivity contribution is 5.76. The molecule has 2 N–H and O–H groups in total. The van der Waals surface area contributed by atoms with Gasteiger partial charge in [0.15, 0.2) is 0 Å². The molecule has 0 spiro atoms. The van der Waals surface area contributed by atoms with Gasteiger partial charge >= 0.3 is 5.97 Å². The molecule has 0 bridgehead atoms. The maximum atomic E-state index is 12.2. The zero-order valence-electron chi connectivity index (χ0n) is 19.2. The zero-order valence-corrected chi connectivity index (χ0v) is 19.2. The summed E-state index contributed by atoms with van der Waals surface area (Å²) in [5, 5.41) is 13.4. The van der Waals surface area contributed by atoms with Gasteiger partial charge < -0.3 is 15.2 Å². The smallest absolute Gasteiger partial charge is 0.325 e. The first kappa shape index (κ1) is 22.3. The van der Waals surface area contributed by atoms with Gasteiger partial charge in [0.1, 0.15) is 6.04 Å². The van der Waals surface area contributed by atoms with Crippen LogP contribution in [-0.2, 0) is 22.4 Å². The van der Waals surface area contributed by atoms with E-state index in [2.05, 4.69) is 27.3 Å². The fourth-order valence-corrected chi connectivity index (χ4v) is 5.14. The van der Waals surface area contributed by atoms with Crippen LogP contribution < -0.4 is 5.32 Å². The minimum atomic E-state index is -0.793. The molecule has 0 amide bonds. The molecule has 7 nitrogen and oxygen atoms in total. The summed E-state index contributed by atoms with van der Waals surface area (Å²) in [7, 11) is 0. The average Bonchev–Trinajstić information content (AvgIpc) is 3.58. The second kappa shape index (κ2) is 10.2. The first-order valence-corrected chi connectivity index (χ1v) is 12.4. The fourth-order valence-electron chi connectivity index (χ4n) is 5.14. The van der Waals surface area contributed by atoms with Crippen LogP contribution in [-0.4, -0.2) is 58.3 Å². The Morgan fingerprint density at radius 2 is 2.15 bits per heavy atom. The van der Waals surface area contributed by atoms with Crippen molar-refractivity contribution < 1.29 is 14.6 Å². The SMILES string of the molecule is O=C(O)C(c1cccnc1C1CC1)N1CC[C@@H](OCCCCc2ccc3c(n2)CCCN3)C1. The van der Waals surface area contributed by atoms with Crippen LogP contribution in [0, 0.1) is 0 Å². The van der Waals surface area contributed by atoms with Crippen LogP contribution in [0.1, 0.15) is 73.1 Å². The lowest BCUT2D eigenvalue weighted by Gasteiger charge is -2.26. The normalized spacial score (nSPS) is 21.4. The lowest BCUT2D eigenvalue weighted by molar-refractivity contribution is -0.143. The number of fused-ring (bicyclic) bond motifs is 1. The summed E-state index contributed by atoms with van der Waals surface area (Å²) >= 11 is 0. The molecule has 0 aromatic carbocycles. The molecular weight excluding hydrogens is 416 g/mol. The van der Waals surface area contributed by atoms with Gasteiger partial charge in [-0.1, -0.05) is 6.07 Å². The number of pyridine rings is 2. The molecule has 7 heteroatoms. The van der Waals surface area contributed by atoms with E-state index in [1.165, 1.54) is 11.4 Å². The molecule has 3 aliphatic rings. The topological polar surface area (TPSA) is 87.6 Å². The number of unbranched alkanes of at least 4 members (excludes halogenated alkanes) is 1. The number of aromatic nitrogens is 2. The molecule has 2 atom stereocenters. The van der Waals surface area contributed by atoms with Gasteiger partial charge in [-0.3, -0.25) is 19.7 Å². The lowest BCUT2D eigenvalue weighted by Crippen LogP contribution is -2.34. The summed E-state index contributed by atoms with van der Waals surface area (Å²) in [5.41, 5.74) is 5.39. The van der Waals surface area contributed by atoms with E-state index in [1.54, 1.807) is 6.20 Å². The summed E-state index contributed by atoms with van der Waals surface area (Å²) in [5.74, 6) is -0.364. The number of nitrogens with one attached hydrogen (secondary N) is 1. The number of aliphatic carboxylic acids is 1. The molecule has 1 unspecified atom stereocenters. The third-order valence-corrected chi connectivity index (χ3v) is 7.02. The highest BCUT2D eigenvalue weighted by Gasteiger charge is 2.38. The standard InChI is InChI=1S/C26H34N4O3/c31-26(32)25(21-6-3-14-28-24(21)18-8-9-18)30-15-12-20(17-30)33-16-2-1-5-19-10-11-22-23(29-19)7-4-13-27-22/h3,6,10-11,14,18,20,25,27H,1-2,4-5,7-9,12-13,15-17H2,(H,31,32)/t20-,25?/m1/s1. The van der Waals surface area contributed by atoms with Crippen molar-refractivity contribution in [2.75, 3.05) is 31.6 Å². The largest absolute Gasteiger partial charge is 0.480 e. The maximum Gasteiger partial charge on any atom is 0.325 e. The van der Waals surface area contributed by atoms with Gasteiger partial charge in [0.05, 0.1) is 17.5 Å². The first-order chi connectivity index (χ1) is 16.2. The third kappa shape index (κ3) is 5.36. The van der Waals surface area contributed by atoms with E-state index in [-0.39, 0.29) is 6.10 Å². The van der Waals surface area contributed by atoms with E-state index >= 15 is 0 Å². The van der Waals surface area contributed by atoms with Crippen molar-refractivity contribution in [1.82, 2.24) is 14.9 Å². The highest BCUT2D eigenvalue weighted by atomic mass is 16.5. The molecule has 2 aromatic rings. The van der Waals surface area contributed by atoms with Gasteiger partial charge in [0, 0.05) is 55.3 Å². The van der Waals surface area contributed by atoms with Crippen molar-refractivity contribution in [3.05, 3.63) is 53.1 Å². The number of hydrogen-bond donors (Lipinski definition) is 2. The molecule has 1 aliphatic carbocycles. The summed E-state index contributed by atoms with van der Waals surface area (Å²) < 4.78 is 6.14. The van der Waals surface area contributed by atoms with Crippen LogP contribution in [0.15, 0.2) is 30.5 Å².